The third-order valence-corrected chi connectivity index (χ3v) is 4.25. The molecular weight excluding hydrogens is 336 g/mol. The zero-order chi connectivity index (χ0) is 18.7. The number of benzene rings is 1. The summed E-state index contributed by atoms with van der Waals surface area (Å²) in [5.41, 5.74) is 1.65. The van der Waals surface area contributed by atoms with Crippen molar-refractivity contribution in [2.75, 3.05) is 27.4 Å². The molecule has 3 rings (SSSR count). The molecule has 0 atom stereocenters. The van der Waals surface area contributed by atoms with E-state index in [1.165, 1.54) is 16.2 Å². The fourth-order valence-corrected chi connectivity index (χ4v) is 2.85. The van der Waals surface area contributed by atoms with Gasteiger partial charge in [-0.15, -0.1) is 0 Å². The number of nitrogens with zero attached hydrogens (tertiary/aromatic N) is 4. The summed E-state index contributed by atoms with van der Waals surface area (Å²) in [7, 11) is 3.13. The number of imidazole rings is 1. The van der Waals surface area contributed by atoms with Gasteiger partial charge in [0, 0.05) is 20.8 Å². The number of methoxy groups -OCH3 is 2. The Hall–Kier alpha value is -2.71. The average molecular weight is 358 g/mol. The van der Waals surface area contributed by atoms with Gasteiger partial charge in [-0.2, -0.15) is 0 Å². The number of aromatic nitrogens is 4. The van der Waals surface area contributed by atoms with Crippen LogP contribution >= 0.6 is 0 Å². The second kappa shape index (κ2) is 7.67. The van der Waals surface area contributed by atoms with Gasteiger partial charge in [0.1, 0.15) is 0 Å². The molecule has 0 spiro atoms. The smallest absolute Gasteiger partial charge is 0.337 e. The maximum atomic E-state index is 13.0. The Morgan fingerprint density at radius 2 is 1.65 bits per heavy atom. The van der Waals surface area contributed by atoms with Crippen molar-refractivity contribution in [2.45, 2.75) is 20.0 Å². The topological polar surface area (TPSA) is 80.3 Å². The van der Waals surface area contributed by atoms with Crippen molar-refractivity contribution in [1.82, 2.24) is 18.7 Å². The molecule has 0 saturated carbocycles. The normalized spacial score (nSPS) is 11.3. The molecule has 0 aliphatic heterocycles. The van der Waals surface area contributed by atoms with Crippen molar-refractivity contribution >= 4 is 11.2 Å². The lowest BCUT2D eigenvalue weighted by atomic mass is 10.2. The quantitative estimate of drug-likeness (QED) is 0.628. The van der Waals surface area contributed by atoms with Gasteiger partial charge in [0.25, 0.3) is 5.56 Å². The van der Waals surface area contributed by atoms with E-state index in [1.807, 2.05) is 31.2 Å². The summed E-state index contributed by atoms with van der Waals surface area (Å²) < 4.78 is 14.5. The van der Waals surface area contributed by atoms with Crippen LogP contribution in [0.4, 0.5) is 0 Å². The van der Waals surface area contributed by atoms with Gasteiger partial charge in [0.05, 0.1) is 31.8 Å². The Labute approximate surface area is 150 Å². The first-order valence-electron chi connectivity index (χ1n) is 8.34. The van der Waals surface area contributed by atoms with Crippen LogP contribution < -0.4 is 11.2 Å². The van der Waals surface area contributed by atoms with Crippen LogP contribution in [0.3, 0.4) is 0 Å². The van der Waals surface area contributed by atoms with Gasteiger partial charge < -0.3 is 14.0 Å². The van der Waals surface area contributed by atoms with Crippen LogP contribution in [0.15, 0.2) is 40.2 Å². The molecule has 0 aliphatic carbocycles. The van der Waals surface area contributed by atoms with Gasteiger partial charge in [0.2, 0.25) is 0 Å². The Bertz CT molecular complexity index is 1010. The van der Waals surface area contributed by atoms with Crippen molar-refractivity contribution < 1.29 is 9.47 Å². The molecule has 3 aromatic rings. The Morgan fingerprint density at radius 3 is 2.31 bits per heavy atom. The van der Waals surface area contributed by atoms with E-state index in [0.29, 0.717) is 30.0 Å². The molecule has 0 unspecified atom stereocenters. The average Bonchev–Trinajstić information content (AvgIpc) is 3.05. The predicted octanol–water partition coefficient (Wildman–Crippen LogP) is 0.950. The van der Waals surface area contributed by atoms with Gasteiger partial charge in [-0.3, -0.25) is 9.36 Å². The van der Waals surface area contributed by atoms with E-state index in [4.69, 9.17) is 9.47 Å². The molecule has 2 heterocycles. The van der Waals surface area contributed by atoms with Crippen molar-refractivity contribution in [3.05, 3.63) is 57.0 Å². The lowest BCUT2D eigenvalue weighted by Crippen LogP contribution is -2.41. The first-order chi connectivity index (χ1) is 12.6. The minimum atomic E-state index is -0.430. The van der Waals surface area contributed by atoms with E-state index in [9.17, 15) is 9.59 Å². The van der Waals surface area contributed by atoms with E-state index in [0.717, 1.165) is 5.56 Å². The van der Waals surface area contributed by atoms with Crippen molar-refractivity contribution in [2.24, 2.45) is 0 Å². The molecule has 8 nitrogen and oxygen atoms in total. The first-order valence-corrected chi connectivity index (χ1v) is 8.34. The summed E-state index contributed by atoms with van der Waals surface area (Å²) in [5.74, 6) is 0. The highest BCUT2D eigenvalue weighted by molar-refractivity contribution is 5.72. The van der Waals surface area contributed by atoms with Crippen LogP contribution in [-0.2, 0) is 22.6 Å². The van der Waals surface area contributed by atoms with Crippen LogP contribution in [0.25, 0.3) is 16.9 Å². The molecule has 26 heavy (non-hydrogen) atoms. The summed E-state index contributed by atoms with van der Waals surface area (Å²) in [6.45, 7) is 3.32. The molecule has 0 fully saturated rings. The van der Waals surface area contributed by atoms with Crippen LogP contribution in [-0.4, -0.2) is 46.1 Å². The standard InChI is InChI=1S/C18H22N4O4/c1-13-4-6-14(7-5-13)22-16-15(20(12-19-16)8-10-25-2)17(23)21(18(22)24)9-11-26-3/h4-7,12H,8-11H2,1-3H3. The van der Waals surface area contributed by atoms with Crippen molar-refractivity contribution in [1.29, 1.82) is 0 Å². The third-order valence-electron chi connectivity index (χ3n) is 4.25. The van der Waals surface area contributed by atoms with Gasteiger partial charge >= 0.3 is 5.69 Å². The molecule has 8 heteroatoms. The van der Waals surface area contributed by atoms with E-state index < -0.39 is 5.69 Å². The Balaban J connectivity index is 2.31. The maximum Gasteiger partial charge on any atom is 0.337 e. The van der Waals surface area contributed by atoms with E-state index in [1.54, 1.807) is 18.0 Å². The molecule has 0 bridgehead atoms. The molecule has 0 radical (unpaired) electrons. The lowest BCUT2D eigenvalue weighted by molar-refractivity contribution is 0.184. The number of hydrogen-bond donors (Lipinski definition) is 0. The second-order valence-electron chi connectivity index (χ2n) is 6.01. The van der Waals surface area contributed by atoms with Gasteiger partial charge in [-0.05, 0) is 19.1 Å². The van der Waals surface area contributed by atoms with Gasteiger partial charge in [-0.1, -0.05) is 17.7 Å². The van der Waals surface area contributed by atoms with Crippen molar-refractivity contribution in [3.63, 3.8) is 0 Å². The highest BCUT2D eigenvalue weighted by atomic mass is 16.5. The molecule has 0 saturated heterocycles. The fraction of sp³-hybridized carbons (Fsp3) is 0.389. The Morgan fingerprint density at radius 1 is 1.00 bits per heavy atom. The molecule has 2 aromatic heterocycles. The SMILES string of the molecule is COCCn1c(=O)c2c(ncn2CCOC)n(-c2ccc(C)cc2)c1=O. The molecule has 0 aliphatic rings. The summed E-state index contributed by atoms with van der Waals surface area (Å²) in [6.07, 6.45) is 1.57. The van der Waals surface area contributed by atoms with Crippen LogP contribution in [0, 0.1) is 6.92 Å². The van der Waals surface area contributed by atoms with E-state index >= 15 is 0 Å². The van der Waals surface area contributed by atoms with Crippen LogP contribution in [0.1, 0.15) is 5.56 Å². The predicted molar refractivity (Wildman–Crippen MR) is 98.1 cm³/mol. The summed E-state index contributed by atoms with van der Waals surface area (Å²) in [5, 5.41) is 0. The number of aryl methyl sites for hydroxylation is 1. The molecule has 0 N–H and O–H groups in total. The highest BCUT2D eigenvalue weighted by Crippen LogP contribution is 2.14. The van der Waals surface area contributed by atoms with E-state index in [2.05, 4.69) is 4.98 Å². The molecular formula is C18H22N4O4. The van der Waals surface area contributed by atoms with Gasteiger partial charge in [-0.25, -0.2) is 14.3 Å². The number of rotatable bonds is 7. The molecule has 1 aromatic carbocycles. The number of ether oxygens (including phenoxy) is 2. The molecule has 0 amide bonds. The summed E-state index contributed by atoms with van der Waals surface area (Å²) >= 11 is 0. The Kier molecular flexibility index (Phi) is 5.34. The highest BCUT2D eigenvalue weighted by Gasteiger charge is 2.19. The minimum absolute atomic E-state index is 0.172. The summed E-state index contributed by atoms with van der Waals surface area (Å²) in [6, 6.07) is 7.52. The number of hydrogen-bond acceptors (Lipinski definition) is 5. The lowest BCUT2D eigenvalue weighted by Gasteiger charge is -2.12. The molecule has 138 valence electrons. The maximum absolute atomic E-state index is 13.0. The fourth-order valence-electron chi connectivity index (χ4n) is 2.85. The van der Waals surface area contributed by atoms with Gasteiger partial charge in [0.15, 0.2) is 11.2 Å². The second-order valence-corrected chi connectivity index (χ2v) is 6.01. The van der Waals surface area contributed by atoms with Crippen LogP contribution in [0.5, 0.6) is 0 Å². The monoisotopic (exact) mass is 358 g/mol. The third kappa shape index (κ3) is 3.21. The zero-order valence-corrected chi connectivity index (χ0v) is 15.1. The van der Waals surface area contributed by atoms with E-state index in [-0.39, 0.29) is 18.7 Å². The summed E-state index contributed by atoms with van der Waals surface area (Å²) in [4.78, 5) is 30.3. The first kappa shape index (κ1) is 18.1. The minimum Gasteiger partial charge on any atom is -0.383 e. The zero-order valence-electron chi connectivity index (χ0n) is 15.1. The van der Waals surface area contributed by atoms with Crippen molar-refractivity contribution in [3.8, 4) is 5.69 Å². The largest absolute Gasteiger partial charge is 0.383 e. The van der Waals surface area contributed by atoms with Crippen LogP contribution in [0.2, 0.25) is 0 Å². The number of fused-ring (bicyclic) bond motifs is 1.